The minimum Gasteiger partial charge on any atom is -0.409 e. The van der Waals surface area contributed by atoms with E-state index < -0.39 is 23.0 Å². The number of nitrogens with zero attached hydrogens (tertiary/aromatic N) is 4. The van der Waals surface area contributed by atoms with E-state index in [9.17, 15) is 18.0 Å². The average molecular weight is 538 g/mol. The number of hydrogen-bond donors (Lipinski definition) is 2. The van der Waals surface area contributed by atoms with Crippen LogP contribution in [0.3, 0.4) is 0 Å². The minimum atomic E-state index is -4.70. The molecule has 2 aromatic heterocycles. The Hall–Kier alpha value is -4.21. The summed E-state index contributed by atoms with van der Waals surface area (Å²) in [5, 5.41) is 16.1. The van der Waals surface area contributed by atoms with Crippen LogP contribution in [0.5, 0.6) is 0 Å². The summed E-state index contributed by atoms with van der Waals surface area (Å²) in [6, 6.07) is 12.3. The molecule has 39 heavy (non-hydrogen) atoms. The Morgan fingerprint density at radius 3 is 2.41 bits per heavy atom. The van der Waals surface area contributed by atoms with Gasteiger partial charge in [0.1, 0.15) is 5.78 Å². The van der Waals surface area contributed by atoms with Crippen molar-refractivity contribution in [3.05, 3.63) is 77.0 Å². The number of alkyl halides is 3. The molecule has 0 saturated carbocycles. The second-order valence-corrected chi connectivity index (χ2v) is 10.5. The molecule has 4 aromatic rings. The summed E-state index contributed by atoms with van der Waals surface area (Å²) < 4.78 is 43.1. The van der Waals surface area contributed by atoms with E-state index in [1.165, 1.54) is 22.7 Å². The first-order valence-corrected chi connectivity index (χ1v) is 12.5. The topological polar surface area (TPSA) is 106 Å². The molecule has 2 aromatic carbocycles. The number of benzene rings is 2. The van der Waals surface area contributed by atoms with Crippen LogP contribution >= 0.6 is 0 Å². The van der Waals surface area contributed by atoms with E-state index >= 15 is 0 Å². The smallest absolute Gasteiger partial charge is 0.409 e. The Labute approximate surface area is 224 Å². The number of carbonyl (C=O) groups excluding carboxylic acids is 1. The molecule has 1 atom stereocenters. The Balaban J connectivity index is 1.78. The lowest BCUT2D eigenvalue weighted by Gasteiger charge is -2.25. The van der Waals surface area contributed by atoms with Crippen LogP contribution < -0.4 is 5.73 Å². The van der Waals surface area contributed by atoms with Gasteiger partial charge < -0.3 is 10.9 Å². The molecule has 0 amide bonds. The van der Waals surface area contributed by atoms with Crippen LogP contribution in [-0.2, 0) is 11.0 Å². The van der Waals surface area contributed by atoms with E-state index in [0.717, 1.165) is 22.8 Å². The minimum absolute atomic E-state index is 0.0647. The zero-order valence-electron chi connectivity index (χ0n) is 22.3. The number of aryl methyl sites for hydroxylation is 1. The number of rotatable bonds is 6. The van der Waals surface area contributed by atoms with Gasteiger partial charge >= 0.3 is 6.18 Å². The fourth-order valence-electron chi connectivity index (χ4n) is 4.63. The molecule has 0 spiro atoms. The predicted molar refractivity (Wildman–Crippen MR) is 144 cm³/mol. The maximum Gasteiger partial charge on any atom is 0.417 e. The van der Waals surface area contributed by atoms with Gasteiger partial charge in [0.15, 0.2) is 11.5 Å². The number of imidazole rings is 1. The Bertz CT molecular complexity index is 1580. The molecule has 0 aliphatic carbocycles. The van der Waals surface area contributed by atoms with Crippen LogP contribution in [0.1, 0.15) is 62.3 Å². The molecule has 0 fully saturated rings. The maximum atomic E-state index is 13.9. The summed E-state index contributed by atoms with van der Waals surface area (Å²) in [7, 11) is 0. The highest BCUT2D eigenvalue weighted by Crippen LogP contribution is 2.38. The summed E-state index contributed by atoms with van der Waals surface area (Å²) in [4.78, 5) is 17.8. The summed E-state index contributed by atoms with van der Waals surface area (Å²) >= 11 is 0. The lowest BCUT2D eigenvalue weighted by molar-refractivity contribution is -0.137. The van der Waals surface area contributed by atoms with Gasteiger partial charge in [-0.15, -0.1) is 0 Å². The average Bonchev–Trinajstić information content (AvgIpc) is 3.31. The largest absolute Gasteiger partial charge is 0.417 e. The lowest BCUT2D eigenvalue weighted by atomic mass is 9.77. The van der Waals surface area contributed by atoms with Crippen LogP contribution in [0.4, 0.5) is 13.2 Å². The van der Waals surface area contributed by atoms with Crippen LogP contribution in [0.15, 0.2) is 59.9 Å². The molecule has 1 unspecified atom stereocenters. The molecule has 0 aliphatic heterocycles. The van der Waals surface area contributed by atoms with E-state index in [0.29, 0.717) is 17.8 Å². The highest BCUT2D eigenvalue weighted by atomic mass is 19.4. The third kappa shape index (κ3) is 5.50. The first kappa shape index (κ1) is 27.8. The van der Waals surface area contributed by atoms with Gasteiger partial charge in [0.25, 0.3) is 0 Å². The summed E-state index contributed by atoms with van der Waals surface area (Å²) in [5.74, 6) is -0.535. The van der Waals surface area contributed by atoms with Crippen LogP contribution in [0, 0.1) is 12.3 Å². The second-order valence-electron chi connectivity index (χ2n) is 10.5. The van der Waals surface area contributed by atoms with Gasteiger partial charge in [-0.05, 0) is 48.7 Å². The van der Waals surface area contributed by atoms with Gasteiger partial charge in [-0.3, -0.25) is 4.79 Å². The number of amidine groups is 1. The molecule has 0 saturated heterocycles. The monoisotopic (exact) mass is 537 g/mol. The lowest BCUT2D eigenvalue weighted by Crippen LogP contribution is -2.27. The van der Waals surface area contributed by atoms with E-state index in [4.69, 9.17) is 10.9 Å². The van der Waals surface area contributed by atoms with Crippen molar-refractivity contribution in [1.29, 1.82) is 0 Å². The van der Waals surface area contributed by atoms with Crippen molar-refractivity contribution in [3.63, 3.8) is 0 Å². The third-order valence-corrected chi connectivity index (χ3v) is 6.74. The number of Topliss-reactive ketones (excluding diaryl/α,β-unsaturated/α-hetero) is 1. The number of hydrogen-bond acceptors (Lipinski definition) is 5. The van der Waals surface area contributed by atoms with Crippen molar-refractivity contribution >= 4 is 17.3 Å². The third-order valence-electron chi connectivity index (χ3n) is 6.74. The summed E-state index contributed by atoms with van der Waals surface area (Å²) in [6.45, 7) is 9.70. The normalized spacial score (nSPS) is 13.6. The number of fused-ring (bicyclic) bond motifs is 1. The van der Waals surface area contributed by atoms with E-state index in [2.05, 4.69) is 15.2 Å². The first-order chi connectivity index (χ1) is 18.2. The van der Waals surface area contributed by atoms with Crippen molar-refractivity contribution in [3.8, 4) is 22.5 Å². The van der Waals surface area contributed by atoms with Gasteiger partial charge in [0, 0.05) is 28.0 Å². The predicted octanol–water partition coefficient (Wildman–Crippen LogP) is 6.59. The maximum absolute atomic E-state index is 13.9. The van der Waals surface area contributed by atoms with Crippen LogP contribution in [-0.4, -0.2) is 31.4 Å². The highest BCUT2D eigenvalue weighted by Gasteiger charge is 2.35. The van der Waals surface area contributed by atoms with Gasteiger partial charge in [-0.2, -0.15) is 18.3 Å². The van der Waals surface area contributed by atoms with Crippen LogP contribution in [0.2, 0.25) is 0 Å². The van der Waals surface area contributed by atoms with E-state index in [1.807, 2.05) is 52.8 Å². The van der Waals surface area contributed by atoms with Crippen molar-refractivity contribution in [2.45, 2.75) is 53.1 Å². The zero-order chi connectivity index (χ0) is 28.7. The standard InChI is InChI=1S/C29H30F3N5O2/c1-6-19(26(38)28(3,4)5)21-13-17(8-7-16(21)2)24-15-37-25(34-24)12-11-23(35-37)20-10-9-18(27(33)36-39)14-22(20)29(30,31)32/h7-15,19,39H,6H2,1-5H3,(H2,33,36). The highest BCUT2D eigenvalue weighted by molar-refractivity contribution is 5.97. The molecular weight excluding hydrogens is 507 g/mol. The Morgan fingerprint density at radius 1 is 1.08 bits per heavy atom. The molecule has 0 radical (unpaired) electrons. The number of carbonyl (C=O) groups is 1. The second kappa shape index (κ2) is 10.2. The molecule has 204 valence electrons. The fraction of sp³-hybridized carbons (Fsp3) is 0.310. The van der Waals surface area contributed by atoms with Crippen LogP contribution in [0.25, 0.3) is 28.2 Å². The quantitative estimate of drug-likeness (QED) is 0.125. The molecule has 0 bridgehead atoms. The van der Waals surface area contributed by atoms with E-state index in [1.54, 1.807) is 12.3 Å². The number of halogens is 3. The zero-order valence-corrected chi connectivity index (χ0v) is 22.3. The van der Waals surface area contributed by atoms with Gasteiger partial charge in [0.2, 0.25) is 0 Å². The van der Waals surface area contributed by atoms with Crippen molar-refractivity contribution in [2.24, 2.45) is 16.3 Å². The molecule has 4 rings (SSSR count). The fourth-order valence-corrected chi connectivity index (χ4v) is 4.63. The number of ketones is 1. The number of oxime groups is 1. The Kier molecular flexibility index (Phi) is 7.25. The molecule has 7 nitrogen and oxygen atoms in total. The van der Waals surface area contributed by atoms with Crippen molar-refractivity contribution in [1.82, 2.24) is 14.6 Å². The first-order valence-electron chi connectivity index (χ1n) is 12.5. The van der Waals surface area contributed by atoms with Gasteiger partial charge in [0.05, 0.1) is 23.1 Å². The summed E-state index contributed by atoms with van der Waals surface area (Å²) in [6.07, 6.45) is -2.39. The van der Waals surface area contributed by atoms with Gasteiger partial charge in [-0.25, -0.2) is 9.50 Å². The molecular formula is C29H30F3N5O2. The van der Waals surface area contributed by atoms with Crippen molar-refractivity contribution < 1.29 is 23.2 Å². The Morgan fingerprint density at radius 2 is 1.79 bits per heavy atom. The van der Waals surface area contributed by atoms with E-state index in [-0.39, 0.29) is 28.5 Å². The molecule has 0 aliphatic rings. The molecule has 3 N–H and O–H groups in total. The summed E-state index contributed by atoms with van der Waals surface area (Å²) in [5.41, 5.74) is 7.66. The molecule has 2 heterocycles. The number of aromatic nitrogens is 3. The molecule has 10 heteroatoms. The van der Waals surface area contributed by atoms with Gasteiger partial charge in [-0.1, -0.05) is 57.1 Å². The SMILES string of the molecule is CCC(C(=O)C(C)(C)C)c1cc(-c2cn3nc(-c4ccc(C(N)=NO)cc4C(F)(F)F)ccc3n2)ccc1C. The van der Waals surface area contributed by atoms with Crippen molar-refractivity contribution in [2.75, 3.05) is 0 Å². The number of nitrogens with two attached hydrogens (primary N) is 1.